The van der Waals surface area contributed by atoms with Crippen molar-refractivity contribution in [3.05, 3.63) is 0 Å². The van der Waals surface area contributed by atoms with Gasteiger partial charge in [0.05, 0.1) is 0 Å². The maximum absolute atomic E-state index is 5.23. The number of hydrogen-bond donors (Lipinski definition) is 3. The van der Waals surface area contributed by atoms with Crippen molar-refractivity contribution in [2.24, 2.45) is 5.41 Å². The quantitative estimate of drug-likeness (QED) is 0.237. The number of rotatable bonds is 14. The fourth-order valence-electron chi connectivity index (χ4n) is 3.15. The van der Waals surface area contributed by atoms with Gasteiger partial charge in [0.2, 0.25) is 0 Å². The Labute approximate surface area is 195 Å². The van der Waals surface area contributed by atoms with Crippen LogP contribution in [0.25, 0.3) is 0 Å². The molecule has 0 radical (unpaired) electrons. The maximum Gasteiger partial charge on any atom is 0.0229 e. The lowest BCUT2D eigenvalue weighted by Gasteiger charge is -2.43. The third-order valence-corrected chi connectivity index (χ3v) is 14.0. The van der Waals surface area contributed by atoms with Crippen LogP contribution in [0.1, 0.15) is 46.0 Å². The van der Waals surface area contributed by atoms with Crippen LogP contribution in [0.3, 0.4) is 0 Å². The molecule has 7 heteroatoms. The van der Waals surface area contributed by atoms with E-state index in [4.69, 9.17) is 37.9 Å². The van der Waals surface area contributed by atoms with Crippen LogP contribution >= 0.6 is 84.9 Å². The summed E-state index contributed by atoms with van der Waals surface area (Å²) in [5, 5.41) is 3.22. The van der Waals surface area contributed by atoms with E-state index in [9.17, 15) is 0 Å². The zero-order chi connectivity index (χ0) is 19.0. The van der Waals surface area contributed by atoms with Crippen LogP contribution in [0.2, 0.25) is 0 Å². The molecule has 0 aliphatic carbocycles. The van der Waals surface area contributed by atoms with Gasteiger partial charge in [0.1, 0.15) is 0 Å². The average Bonchev–Trinajstić information content (AvgIpc) is 2.55. The van der Waals surface area contributed by atoms with Gasteiger partial charge in [0.25, 0.3) is 0 Å². The second-order valence-corrected chi connectivity index (χ2v) is 14.5. The van der Waals surface area contributed by atoms with Gasteiger partial charge in [-0.05, 0) is 32.1 Å². The van der Waals surface area contributed by atoms with E-state index < -0.39 is 0 Å². The highest BCUT2D eigenvalue weighted by atomic mass is 32.2. The standard InChI is InChI=1S/C19H36S7/c1-3-14(20)5-6-18(22)19(7-15(21)4-2,12-25-16-8-23-9-16)13-26-17-10-24-11-17/h14-18,20-22H,3-13H2,1-2H3. The highest BCUT2D eigenvalue weighted by molar-refractivity contribution is 8.08. The summed E-state index contributed by atoms with van der Waals surface area (Å²) in [5.74, 6) is 7.90. The Hall–Kier alpha value is 2.45. The summed E-state index contributed by atoms with van der Waals surface area (Å²) < 4.78 is 0. The summed E-state index contributed by atoms with van der Waals surface area (Å²) in [6.07, 6.45) is 5.90. The van der Waals surface area contributed by atoms with Crippen molar-refractivity contribution in [3.8, 4) is 0 Å². The Morgan fingerprint density at radius 3 is 1.73 bits per heavy atom. The first-order valence-corrected chi connectivity index (χ1v) is 15.9. The summed E-state index contributed by atoms with van der Waals surface area (Å²) in [6.45, 7) is 4.52. The van der Waals surface area contributed by atoms with Gasteiger partial charge in [-0.25, -0.2) is 0 Å². The zero-order valence-corrected chi connectivity index (χ0v) is 22.1. The summed E-state index contributed by atoms with van der Waals surface area (Å²) in [5.41, 5.74) is 0.308. The van der Waals surface area contributed by atoms with E-state index >= 15 is 0 Å². The highest BCUT2D eigenvalue weighted by Gasteiger charge is 2.40. The van der Waals surface area contributed by atoms with E-state index in [1.54, 1.807) is 0 Å². The van der Waals surface area contributed by atoms with E-state index in [0.29, 0.717) is 21.2 Å². The molecule has 154 valence electrons. The van der Waals surface area contributed by atoms with Crippen molar-refractivity contribution in [1.29, 1.82) is 0 Å². The Morgan fingerprint density at radius 2 is 1.35 bits per heavy atom. The van der Waals surface area contributed by atoms with Crippen LogP contribution in [-0.4, -0.2) is 60.8 Å². The Kier molecular flexibility index (Phi) is 12.3. The third kappa shape index (κ3) is 7.94. The molecule has 2 aliphatic rings. The van der Waals surface area contributed by atoms with Crippen molar-refractivity contribution in [3.63, 3.8) is 0 Å². The number of hydrogen-bond acceptors (Lipinski definition) is 7. The highest BCUT2D eigenvalue weighted by Crippen LogP contribution is 2.46. The Balaban J connectivity index is 2.04. The van der Waals surface area contributed by atoms with Crippen molar-refractivity contribution < 1.29 is 0 Å². The monoisotopic (exact) mass is 488 g/mol. The summed E-state index contributed by atoms with van der Waals surface area (Å²) in [6, 6.07) is 0. The van der Waals surface area contributed by atoms with Crippen LogP contribution < -0.4 is 0 Å². The SMILES string of the molecule is CCC(S)CCC(S)C(CSC1CSC1)(CSC1CSC1)CC(S)CC. The fraction of sp³-hybridized carbons (Fsp3) is 1.00. The lowest BCUT2D eigenvalue weighted by atomic mass is 9.80. The molecule has 2 saturated heterocycles. The van der Waals surface area contributed by atoms with Crippen molar-refractivity contribution in [1.82, 2.24) is 0 Å². The molecule has 0 N–H and O–H groups in total. The number of thioether (sulfide) groups is 4. The third-order valence-electron chi connectivity index (χ3n) is 5.49. The lowest BCUT2D eigenvalue weighted by Crippen LogP contribution is -2.42. The van der Waals surface area contributed by atoms with Crippen LogP contribution in [0, 0.1) is 5.41 Å². The molecule has 2 aliphatic heterocycles. The van der Waals surface area contributed by atoms with Crippen LogP contribution in [0.15, 0.2) is 0 Å². The molecule has 0 aromatic heterocycles. The molecule has 0 aromatic rings. The summed E-state index contributed by atoms with van der Waals surface area (Å²) in [4.78, 5) is 0. The van der Waals surface area contributed by atoms with Gasteiger partial charge in [-0.15, -0.1) is 0 Å². The molecule has 0 saturated carbocycles. The maximum atomic E-state index is 5.23. The van der Waals surface area contributed by atoms with Crippen LogP contribution in [-0.2, 0) is 0 Å². The molecular weight excluding hydrogens is 453 g/mol. The van der Waals surface area contributed by atoms with Gasteiger partial charge in [-0.2, -0.15) is 84.9 Å². The minimum absolute atomic E-state index is 0.308. The molecule has 2 heterocycles. The van der Waals surface area contributed by atoms with Gasteiger partial charge < -0.3 is 0 Å². The van der Waals surface area contributed by atoms with E-state index in [1.165, 1.54) is 53.8 Å². The Morgan fingerprint density at radius 1 is 0.846 bits per heavy atom. The van der Waals surface area contributed by atoms with E-state index in [2.05, 4.69) is 60.9 Å². The minimum atomic E-state index is 0.308. The second-order valence-electron chi connectivity index (χ2n) is 7.72. The first-order chi connectivity index (χ1) is 12.5. The molecule has 26 heavy (non-hydrogen) atoms. The van der Waals surface area contributed by atoms with Gasteiger partial charge in [0, 0.05) is 66.2 Å². The van der Waals surface area contributed by atoms with Crippen LogP contribution in [0.4, 0.5) is 0 Å². The molecule has 3 unspecified atom stereocenters. The largest absolute Gasteiger partial charge is 0.176 e. The summed E-state index contributed by atoms with van der Waals surface area (Å²) >= 11 is 23.6. The normalized spacial score (nSPS) is 22.5. The van der Waals surface area contributed by atoms with Gasteiger partial charge in [0.15, 0.2) is 0 Å². The van der Waals surface area contributed by atoms with E-state index in [1.807, 2.05) is 0 Å². The molecule has 0 amide bonds. The van der Waals surface area contributed by atoms with Crippen LogP contribution in [0.5, 0.6) is 0 Å². The summed E-state index contributed by atoms with van der Waals surface area (Å²) in [7, 11) is 0. The smallest absolute Gasteiger partial charge is 0.0229 e. The van der Waals surface area contributed by atoms with E-state index in [-0.39, 0.29) is 0 Å². The molecule has 2 fully saturated rings. The molecule has 0 aromatic carbocycles. The fourth-order valence-corrected chi connectivity index (χ4v) is 10.0. The molecule has 3 atom stereocenters. The first-order valence-electron chi connectivity index (χ1n) is 9.92. The predicted octanol–water partition coefficient (Wildman–Crippen LogP) is 6.56. The Bertz CT molecular complexity index is 366. The van der Waals surface area contributed by atoms with E-state index in [0.717, 1.165) is 23.3 Å². The van der Waals surface area contributed by atoms with Crippen molar-refractivity contribution >= 4 is 84.9 Å². The molecule has 0 nitrogen and oxygen atoms in total. The van der Waals surface area contributed by atoms with Crippen molar-refractivity contribution in [2.45, 2.75) is 72.2 Å². The minimum Gasteiger partial charge on any atom is -0.176 e. The average molecular weight is 489 g/mol. The van der Waals surface area contributed by atoms with Gasteiger partial charge in [-0.3, -0.25) is 0 Å². The molecular formula is C19H36S7. The molecule has 0 spiro atoms. The van der Waals surface area contributed by atoms with Crippen molar-refractivity contribution in [2.75, 3.05) is 34.5 Å². The molecule has 2 rings (SSSR count). The second kappa shape index (κ2) is 13.0. The first kappa shape index (κ1) is 24.7. The predicted molar refractivity (Wildman–Crippen MR) is 142 cm³/mol. The molecule has 0 bridgehead atoms. The lowest BCUT2D eigenvalue weighted by molar-refractivity contribution is 0.319. The van der Waals surface area contributed by atoms with Gasteiger partial charge in [-0.1, -0.05) is 13.8 Å². The zero-order valence-electron chi connectivity index (χ0n) is 16.1. The number of thiol groups is 3. The van der Waals surface area contributed by atoms with Gasteiger partial charge >= 0.3 is 0 Å². The topological polar surface area (TPSA) is 0 Å².